The van der Waals surface area contributed by atoms with Crippen LogP contribution in [0, 0.1) is 5.82 Å². The predicted octanol–water partition coefficient (Wildman–Crippen LogP) is 4.18. The quantitative estimate of drug-likeness (QED) is 0.720. The number of sulfonamides is 1. The minimum Gasteiger partial charge on any atom is -0.443 e. The molecule has 1 aromatic heterocycles. The van der Waals surface area contributed by atoms with Gasteiger partial charge in [-0.2, -0.15) is 0 Å². The number of thiazole rings is 1. The number of aromatic nitrogens is 1. The van der Waals surface area contributed by atoms with Gasteiger partial charge in [-0.25, -0.2) is 22.6 Å². The average Bonchev–Trinajstić information content (AvgIpc) is 2.93. The fourth-order valence-electron chi connectivity index (χ4n) is 1.64. The van der Waals surface area contributed by atoms with Crippen molar-refractivity contribution >= 4 is 48.5 Å². The number of halogens is 2. The number of hydrogen-bond donors (Lipinski definition) is 0. The molecule has 0 saturated heterocycles. The van der Waals surface area contributed by atoms with Gasteiger partial charge in [0.25, 0.3) is 10.0 Å². The van der Waals surface area contributed by atoms with Crippen LogP contribution in [0.5, 0.6) is 0 Å². The third kappa shape index (κ3) is 4.11. The lowest BCUT2D eigenvalue weighted by molar-refractivity contribution is 0.0609. The number of ether oxygens (including phenoxy) is 1. The Kier molecular flexibility index (Phi) is 5.31. The Balaban J connectivity index is 2.53. The number of benzene rings is 1. The molecule has 0 unspecified atom stereocenters. The van der Waals surface area contributed by atoms with Crippen LogP contribution in [0.25, 0.3) is 0 Å². The number of carbonyl (C=O) groups excluding carboxylic acids is 1. The first-order valence-corrected chi connectivity index (χ1v) is 9.76. The average molecular weight is 437 g/mol. The van der Waals surface area contributed by atoms with Gasteiger partial charge in [0.2, 0.25) is 5.13 Å². The molecular formula is C14H14BrFN2O4S2. The summed E-state index contributed by atoms with van der Waals surface area (Å²) in [5.74, 6) is -0.764. The first-order chi connectivity index (χ1) is 11.0. The van der Waals surface area contributed by atoms with Gasteiger partial charge in [-0.1, -0.05) is 0 Å². The Hall–Kier alpha value is -1.52. The SMILES string of the molecule is CC(C)(C)OC(=O)N(c1nccs1)S(=O)(=O)c1ccc(Br)c(F)c1. The number of carbonyl (C=O) groups is 1. The van der Waals surface area contributed by atoms with Crippen LogP contribution >= 0.6 is 27.3 Å². The molecule has 1 heterocycles. The van der Waals surface area contributed by atoms with Gasteiger partial charge in [-0.05, 0) is 54.9 Å². The van der Waals surface area contributed by atoms with Crippen LogP contribution in [0.3, 0.4) is 0 Å². The molecule has 1 aromatic carbocycles. The second kappa shape index (κ2) is 6.77. The summed E-state index contributed by atoms with van der Waals surface area (Å²) in [6.07, 6.45) is 0.246. The summed E-state index contributed by atoms with van der Waals surface area (Å²) in [5.41, 5.74) is -0.910. The molecule has 2 rings (SSSR count). The maximum absolute atomic E-state index is 13.7. The zero-order valence-corrected chi connectivity index (χ0v) is 16.2. The molecule has 0 spiro atoms. The first-order valence-electron chi connectivity index (χ1n) is 6.65. The maximum atomic E-state index is 13.7. The molecule has 0 fully saturated rings. The lowest BCUT2D eigenvalue weighted by Gasteiger charge is -2.25. The highest BCUT2D eigenvalue weighted by atomic mass is 79.9. The Morgan fingerprint density at radius 2 is 2.04 bits per heavy atom. The van der Waals surface area contributed by atoms with E-state index in [2.05, 4.69) is 20.9 Å². The van der Waals surface area contributed by atoms with Gasteiger partial charge in [-0.3, -0.25) is 0 Å². The van der Waals surface area contributed by atoms with Crippen LogP contribution in [-0.2, 0) is 14.8 Å². The Bertz CT molecular complexity index is 848. The molecule has 6 nitrogen and oxygen atoms in total. The van der Waals surface area contributed by atoms with Gasteiger partial charge in [0.1, 0.15) is 11.4 Å². The van der Waals surface area contributed by atoms with Crippen LogP contribution < -0.4 is 4.31 Å². The third-order valence-electron chi connectivity index (χ3n) is 2.58. The van der Waals surface area contributed by atoms with E-state index in [0.717, 1.165) is 17.4 Å². The minimum absolute atomic E-state index is 0.0902. The van der Waals surface area contributed by atoms with Crippen LogP contribution in [0.4, 0.5) is 14.3 Å². The molecule has 0 saturated carbocycles. The fraction of sp³-hybridized carbons (Fsp3) is 0.286. The molecule has 0 bridgehead atoms. The van der Waals surface area contributed by atoms with E-state index in [0.29, 0.717) is 4.31 Å². The summed E-state index contributed by atoms with van der Waals surface area (Å²) in [6.45, 7) is 4.82. The van der Waals surface area contributed by atoms with E-state index in [1.54, 1.807) is 20.8 Å². The molecule has 0 aliphatic heterocycles. The van der Waals surface area contributed by atoms with E-state index in [9.17, 15) is 17.6 Å². The van der Waals surface area contributed by atoms with E-state index >= 15 is 0 Å². The highest BCUT2D eigenvalue weighted by Gasteiger charge is 2.36. The molecule has 0 aliphatic carbocycles. The standard InChI is InChI=1S/C14H14BrFN2O4S2/c1-14(2,3)22-13(19)18(12-17-6-7-23-12)24(20,21)9-4-5-10(15)11(16)8-9/h4-8H,1-3H3. The van der Waals surface area contributed by atoms with Crippen molar-refractivity contribution in [3.05, 3.63) is 40.1 Å². The van der Waals surface area contributed by atoms with E-state index in [-0.39, 0.29) is 14.5 Å². The van der Waals surface area contributed by atoms with Gasteiger partial charge in [0, 0.05) is 11.6 Å². The maximum Gasteiger partial charge on any atom is 0.431 e. The summed E-state index contributed by atoms with van der Waals surface area (Å²) in [6, 6.07) is 3.26. The summed E-state index contributed by atoms with van der Waals surface area (Å²) in [5, 5.41) is 1.43. The molecule has 0 aliphatic rings. The second-order valence-electron chi connectivity index (χ2n) is 5.64. The number of hydrogen-bond acceptors (Lipinski definition) is 6. The van der Waals surface area contributed by atoms with Crippen molar-refractivity contribution in [2.75, 3.05) is 4.31 Å². The Morgan fingerprint density at radius 1 is 1.38 bits per heavy atom. The van der Waals surface area contributed by atoms with Gasteiger partial charge in [0.15, 0.2) is 0 Å². The Labute approximate surface area is 151 Å². The summed E-state index contributed by atoms with van der Waals surface area (Å²) in [7, 11) is -4.39. The van der Waals surface area contributed by atoms with E-state index in [1.807, 2.05) is 0 Å². The van der Waals surface area contributed by atoms with E-state index in [4.69, 9.17) is 4.74 Å². The number of anilines is 1. The van der Waals surface area contributed by atoms with Gasteiger partial charge < -0.3 is 4.74 Å². The summed E-state index contributed by atoms with van der Waals surface area (Å²) in [4.78, 5) is 15.9. The molecule has 2 aromatic rings. The van der Waals surface area contributed by atoms with Crippen molar-refractivity contribution < 1.29 is 22.3 Å². The number of amides is 1. The lowest BCUT2D eigenvalue weighted by atomic mass is 10.2. The fourth-order valence-corrected chi connectivity index (χ4v) is 4.04. The molecule has 0 radical (unpaired) electrons. The molecule has 0 atom stereocenters. The molecule has 24 heavy (non-hydrogen) atoms. The van der Waals surface area contributed by atoms with Crippen LogP contribution in [0.15, 0.2) is 39.1 Å². The molecular weight excluding hydrogens is 423 g/mol. The van der Waals surface area contributed by atoms with E-state index < -0.39 is 27.5 Å². The smallest absolute Gasteiger partial charge is 0.431 e. The van der Waals surface area contributed by atoms with E-state index in [1.165, 1.54) is 23.7 Å². The van der Waals surface area contributed by atoms with Crippen molar-refractivity contribution in [2.24, 2.45) is 0 Å². The molecule has 0 N–H and O–H groups in total. The minimum atomic E-state index is -4.39. The Morgan fingerprint density at radius 3 is 2.54 bits per heavy atom. The van der Waals surface area contributed by atoms with Gasteiger partial charge in [0.05, 0.1) is 9.37 Å². The lowest BCUT2D eigenvalue weighted by Crippen LogP contribution is -2.41. The van der Waals surface area contributed by atoms with Crippen molar-refractivity contribution in [3.63, 3.8) is 0 Å². The summed E-state index contributed by atoms with van der Waals surface area (Å²) >= 11 is 3.90. The number of rotatable bonds is 3. The van der Waals surface area contributed by atoms with Crippen molar-refractivity contribution in [1.29, 1.82) is 0 Å². The zero-order chi connectivity index (χ0) is 18.1. The monoisotopic (exact) mass is 436 g/mol. The topological polar surface area (TPSA) is 76.6 Å². The summed E-state index contributed by atoms with van der Waals surface area (Å²) < 4.78 is 45.1. The zero-order valence-electron chi connectivity index (χ0n) is 13.0. The van der Waals surface area contributed by atoms with Crippen LogP contribution in [0.2, 0.25) is 0 Å². The normalized spacial score (nSPS) is 12.0. The third-order valence-corrected chi connectivity index (χ3v) is 5.75. The highest BCUT2D eigenvalue weighted by Crippen LogP contribution is 2.29. The van der Waals surface area contributed by atoms with Crippen molar-refractivity contribution in [1.82, 2.24) is 4.98 Å². The van der Waals surface area contributed by atoms with Crippen LogP contribution in [-0.4, -0.2) is 25.1 Å². The second-order valence-corrected chi connectivity index (χ2v) is 9.15. The molecule has 1 amide bonds. The molecule has 130 valence electrons. The van der Waals surface area contributed by atoms with Gasteiger partial charge >= 0.3 is 6.09 Å². The predicted molar refractivity (Wildman–Crippen MR) is 92.1 cm³/mol. The van der Waals surface area contributed by atoms with Crippen molar-refractivity contribution in [2.45, 2.75) is 31.3 Å². The number of nitrogens with zero attached hydrogens (tertiary/aromatic N) is 2. The van der Waals surface area contributed by atoms with Crippen molar-refractivity contribution in [3.8, 4) is 0 Å². The molecule has 10 heteroatoms. The van der Waals surface area contributed by atoms with Crippen LogP contribution in [0.1, 0.15) is 20.8 Å². The first kappa shape index (κ1) is 18.8. The largest absolute Gasteiger partial charge is 0.443 e. The van der Waals surface area contributed by atoms with Gasteiger partial charge in [-0.15, -0.1) is 15.6 Å². The highest BCUT2D eigenvalue weighted by molar-refractivity contribution is 9.10.